The number of carbonyl (C=O) groups is 1. The van der Waals surface area contributed by atoms with Crippen molar-refractivity contribution in [2.24, 2.45) is 5.92 Å². The van der Waals surface area contributed by atoms with E-state index in [0.717, 1.165) is 31.5 Å². The average Bonchev–Trinajstić information content (AvgIpc) is 3.02. The van der Waals surface area contributed by atoms with Crippen LogP contribution in [0.2, 0.25) is 0 Å². The maximum Gasteiger partial charge on any atom is 0.257 e. The molecule has 0 saturated carbocycles. The fraction of sp³-hybridized carbons (Fsp3) is 0.526. The molecule has 6 heteroatoms. The summed E-state index contributed by atoms with van der Waals surface area (Å²) in [5.74, 6) is 0.188. The number of pyridine rings is 1. The van der Waals surface area contributed by atoms with E-state index in [1.54, 1.807) is 12.4 Å². The summed E-state index contributed by atoms with van der Waals surface area (Å²) in [7, 11) is 0. The summed E-state index contributed by atoms with van der Waals surface area (Å²) in [6, 6.07) is 5.59. The van der Waals surface area contributed by atoms with Crippen molar-refractivity contribution in [1.82, 2.24) is 19.7 Å². The van der Waals surface area contributed by atoms with E-state index in [0.29, 0.717) is 24.3 Å². The molecule has 0 unspecified atom stereocenters. The van der Waals surface area contributed by atoms with Gasteiger partial charge in [-0.15, -0.1) is 0 Å². The normalized spacial score (nSPS) is 16.8. The van der Waals surface area contributed by atoms with Crippen LogP contribution in [0.1, 0.15) is 54.0 Å². The van der Waals surface area contributed by atoms with Crippen molar-refractivity contribution in [3.8, 4) is 0 Å². The highest BCUT2D eigenvalue weighted by Crippen LogP contribution is 2.30. The van der Waals surface area contributed by atoms with Crippen LogP contribution in [0.4, 0.5) is 0 Å². The lowest BCUT2D eigenvalue weighted by atomic mass is 9.89. The average molecular weight is 342 g/mol. The van der Waals surface area contributed by atoms with Crippen LogP contribution in [0.3, 0.4) is 0 Å². The van der Waals surface area contributed by atoms with Crippen LogP contribution in [0.15, 0.2) is 30.6 Å². The molecule has 0 bridgehead atoms. The molecule has 0 aliphatic carbocycles. The van der Waals surface area contributed by atoms with Crippen molar-refractivity contribution in [3.63, 3.8) is 0 Å². The molecular weight excluding hydrogens is 316 g/mol. The highest BCUT2D eigenvalue weighted by molar-refractivity contribution is 5.95. The summed E-state index contributed by atoms with van der Waals surface area (Å²) in [4.78, 5) is 18.9. The van der Waals surface area contributed by atoms with Crippen LogP contribution < -0.4 is 0 Å². The molecule has 0 radical (unpaired) electrons. The molecule has 1 amide bonds. The van der Waals surface area contributed by atoms with Gasteiger partial charge in [0.15, 0.2) is 0 Å². The Morgan fingerprint density at radius 3 is 2.76 bits per heavy atom. The molecule has 1 N–H and O–H groups in total. The quantitative estimate of drug-likeness (QED) is 0.906. The van der Waals surface area contributed by atoms with Crippen LogP contribution in [-0.4, -0.2) is 43.8 Å². The largest absolute Gasteiger partial charge is 0.387 e. The van der Waals surface area contributed by atoms with Crippen molar-refractivity contribution < 1.29 is 9.90 Å². The lowest BCUT2D eigenvalue weighted by molar-refractivity contribution is 0.0447. The minimum atomic E-state index is -0.563. The van der Waals surface area contributed by atoms with Gasteiger partial charge in [-0.3, -0.25) is 14.5 Å². The standard InChI is InChI=1S/C19H26N4O2/c1-3-10-23-14(2)16(13-21-23)19(25)22-11-7-15(8-12-22)18(24)17-6-4-5-9-20-17/h4-6,9,13,15,18,24H,3,7-8,10-12H2,1-2H3/t18-/m0/s1. The van der Waals surface area contributed by atoms with Gasteiger partial charge in [-0.2, -0.15) is 5.10 Å². The fourth-order valence-corrected chi connectivity index (χ4v) is 3.47. The lowest BCUT2D eigenvalue weighted by Gasteiger charge is -2.34. The van der Waals surface area contributed by atoms with Crippen molar-refractivity contribution >= 4 is 5.91 Å². The third kappa shape index (κ3) is 3.74. The van der Waals surface area contributed by atoms with Crippen LogP contribution in [0.5, 0.6) is 0 Å². The first-order valence-corrected chi connectivity index (χ1v) is 9.02. The van der Waals surface area contributed by atoms with Gasteiger partial charge < -0.3 is 10.0 Å². The number of aliphatic hydroxyl groups excluding tert-OH is 1. The summed E-state index contributed by atoms with van der Waals surface area (Å²) >= 11 is 0. The molecule has 2 aromatic heterocycles. The molecule has 3 rings (SSSR count). The van der Waals surface area contributed by atoms with Gasteiger partial charge >= 0.3 is 0 Å². The number of piperidine rings is 1. The summed E-state index contributed by atoms with van der Waals surface area (Å²) in [6.45, 7) is 6.20. The van der Waals surface area contributed by atoms with Gasteiger partial charge in [0, 0.05) is 31.5 Å². The molecule has 1 saturated heterocycles. The van der Waals surface area contributed by atoms with Crippen molar-refractivity contribution in [3.05, 3.63) is 47.5 Å². The summed E-state index contributed by atoms with van der Waals surface area (Å²) in [5, 5.41) is 14.8. The molecule has 3 heterocycles. The van der Waals surface area contributed by atoms with Gasteiger partial charge in [-0.25, -0.2) is 0 Å². The third-order valence-electron chi connectivity index (χ3n) is 5.03. The number of likely N-dealkylation sites (tertiary alicyclic amines) is 1. The van der Waals surface area contributed by atoms with E-state index in [4.69, 9.17) is 0 Å². The van der Waals surface area contributed by atoms with Gasteiger partial charge in [0.1, 0.15) is 0 Å². The number of aliphatic hydroxyl groups is 1. The highest BCUT2D eigenvalue weighted by Gasteiger charge is 2.30. The molecule has 1 atom stereocenters. The Morgan fingerprint density at radius 1 is 1.36 bits per heavy atom. The van der Waals surface area contributed by atoms with E-state index >= 15 is 0 Å². The van der Waals surface area contributed by atoms with Crippen LogP contribution in [0.25, 0.3) is 0 Å². The summed E-state index contributed by atoms with van der Waals surface area (Å²) < 4.78 is 1.89. The highest BCUT2D eigenvalue weighted by atomic mass is 16.3. The van der Waals surface area contributed by atoms with E-state index in [2.05, 4.69) is 17.0 Å². The molecule has 0 aromatic carbocycles. The molecule has 134 valence electrons. The Hall–Kier alpha value is -2.21. The number of hydrogen-bond donors (Lipinski definition) is 1. The number of nitrogens with zero attached hydrogens (tertiary/aromatic N) is 4. The Balaban J connectivity index is 1.61. The van der Waals surface area contributed by atoms with Gasteiger partial charge in [0.25, 0.3) is 5.91 Å². The Morgan fingerprint density at radius 2 is 2.12 bits per heavy atom. The first kappa shape index (κ1) is 17.6. The number of amides is 1. The molecule has 0 spiro atoms. The van der Waals surface area contributed by atoms with Gasteiger partial charge in [0.2, 0.25) is 0 Å². The fourth-order valence-electron chi connectivity index (χ4n) is 3.47. The number of carbonyl (C=O) groups excluding carboxylic acids is 1. The van der Waals surface area contributed by atoms with Crippen molar-refractivity contribution in [2.45, 2.75) is 45.8 Å². The second-order valence-corrected chi connectivity index (χ2v) is 6.70. The molecule has 1 fully saturated rings. The third-order valence-corrected chi connectivity index (χ3v) is 5.03. The van der Waals surface area contributed by atoms with E-state index in [-0.39, 0.29) is 11.8 Å². The smallest absolute Gasteiger partial charge is 0.257 e. The predicted molar refractivity (Wildman–Crippen MR) is 95.1 cm³/mol. The Kier molecular flexibility index (Phi) is 5.48. The maximum absolute atomic E-state index is 12.8. The number of aromatic nitrogens is 3. The van der Waals surface area contributed by atoms with Crippen molar-refractivity contribution in [2.75, 3.05) is 13.1 Å². The van der Waals surface area contributed by atoms with Gasteiger partial charge in [-0.05, 0) is 44.2 Å². The molecule has 25 heavy (non-hydrogen) atoms. The molecule has 6 nitrogen and oxygen atoms in total. The molecule has 1 aliphatic rings. The zero-order chi connectivity index (χ0) is 17.8. The zero-order valence-electron chi connectivity index (χ0n) is 14.9. The topological polar surface area (TPSA) is 71.2 Å². The summed E-state index contributed by atoms with van der Waals surface area (Å²) in [5.41, 5.74) is 2.34. The number of aryl methyl sites for hydroxylation is 1. The monoisotopic (exact) mass is 342 g/mol. The lowest BCUT2D eigenvalue weighted by Crippen LogP contribution is -2.40. The van der Waals surface area contributed by atoms with Crippen LogP contribution in [0, 0.1) is 12.8 Å². The Bertz CT molecular complexity index is 705. The maximum atomic E-state index is 12.8. The molecule has 1 aliphatic heterocycles. The molecule has 2 aromatic rings. The Labute approximate surface area is 148 Å². The number of hydrogen-bond acceptors (Lipinski definition) is 4. The van der Waals surface area contributed by atoms with E-state index in [9.17, 15) is 9.90 Å². The van der Waals surface area contributed by atoms with Gasteiger partial charge in [0.05, 0.1) is 23.6 Å². The zero-order valence-corrected chi connectivity index (χ0v) is 14.9. The van der Waals surface area contributed by atoms with E-state index in [1.165, 1.54) is 0 Å². The second kappa shape index (κ2) is 7.78. The SMILES string of the molecule is CCCn1ncc(C(=O)N2CCC([C@H](O)c3ccccn3)CC2)c1C. The first-order chi connectivity index (χ1) is 12.1. The minimum Gasteiger partial charge on any atom is -0.387 e. The van der Waals surface area contributed by atoms with E-state index in [1.807, 2.05) is 34.7 Å². The van der Waals surface area contributed by atoms with E-state index < -0.39 is 6.10 Å². The minimum absolute atomic E-state index is 0.0469. The van der Waals surface area contributed by atoms with Crippen LogP contribution >= 0.6 is 0 Å². The predicted octanol–water partition coefficient (Wildman–Crippen LogP) is 2.58. The van der Waals surface area contributed by atoms with Crippen molar-refractivity contribution in [1.29, 1.82) is 0 Å². The van der Waals surface area contributed by atoms with Gasteiger partial charge in [-0.1, -0.05) is 13.0 Å². The number of rotatable bonds is 5. The van der Waals surface area contributed by atoms with Crippen LogP contribution in [-0.2, 0) is 6.54 Å². The first-order valence-electron chi connectivity index (χ1n) is 9.02. The summed E-state index contributed by atoms with van der Waals surface area (Å²) in [6.07, 6.45) is 5.38. The second-order valence-electron chi connectivity index (χ2n) is 6.70. The molecular formula is C19H26N4O2.